The molecular weight excluding hydrogens is 272 g/mol. The Morgan fingerprint density at radius 1 is 1.27 bits per heavy atom. The van der Waals surface area contributed by atoms with Crippen molar-refractivity contribution in [1.29, 1.82) is 0 Å². The van der Waals surface area contributed by atoms with E-state index in [-0.39, 0.29) is 11.3 Å². The molecule has 0 bridgehead atoms. The maximum Gasteiger partial charge on any atom is 0.230 e. The number of carbonyl (C=O) groups excluding carboxylic acids is 1. The third kappa shape index (κ3) is 3.70. The van der Waals surface area contributed by atoms with Gasteiger partial charge >= 0.3 is 0 Å². The predicted octanol–water partition coefficient (Wildman–Crippen LogP) is 3.23. The minimum Gasteiger partial charge on any atom is -0.342 e. The van der Waals surface area contributed by atoms with E-state index in [0.29, 0.717) is 12.5 Å². The van der Waals surface area contributed by atoms with Crippen molar-refractivity contribution in [2.75, 3.05) is 19.6 Å². The lowest BCUT2D eigenvalue weighted by Crippen LogP contribution is -2.51. The van der Waals surface area contributed by atoms with Gasteiger partial charge in [-0.05, 0) is 43.6 Å². The van der Waals surface area contributed by atoms with Crippen LogP contribution in [0.4, 0.5) is 0 Å². The molecule has 0 aliphatic carbocycles. The van der Waals surface area contributed by atoms with Gasteiger partial charge in [-0.1, -0.05) is 44.2 Å². The molecule has 0 aromatic heterocycles. The SMILES string of the molecule is CCC(CC)(CN)C(=O)N1CCCC(Cc2ccccc2)C1. The van der Waals surface area contributed by atoms with E-state index in [1.807, 2.05) is 0 Å². The van der Waals surface area contributed by atoms with Crippen molar-refractivity contribution in [2.24, 2.45) is 17.1 Å². The molecule has 1 amide bonds. The molecule has 1 aliphatic rings. The molecular formula is C19H30N2O. The van der Waals surface area contributed by atoms with Crippen LogP contribution in [0, 0.1) is 11.3 Å². The van der Waals surface area contributed by atoms with Gasteiger partial charge in [0.2, 0.25) is 5.91 Å². The lowest BCUT2D eigenvalue weighted by Gasteiger charge is -2.39. The highest BCUT2D eigenvalue weighted by atomic mass is 16.2. The topological polar surface area (TPSA) is 46.3 Å². The van der Waals surface area contributed by atoms with Crippen LogP contribution in [0.25, 0.3) is 0 Å². The Bertz CT molecular complexity index is 459. The molecule has 2 rings (SSSR count). The number of benzene rings is 1. The van der Waals surface area contributed by atoms with Crippen LogP contribution >= 0.6 is 0 Å². The van der Waals surface area contributed by atoms with E-state index < -0.39 is 0 Å². The highest BCUT2D eigenvalue weighted by Gasteiger charge is 2.38. The van der Waals surface area contributed by atoms with Crippen LogP contribution < -0.4 is 5.73 Å². The van der Waals surface area contributed by atoms with E-state index in [2.05, 4.69) is 49.1 Å². The second kappa shape index (κ2) is 7.77. The molecule has 1 aromatic carbocycles. The minimum atomic E-state index is -0.353. The zero-order valence-electron chi connectivity index (χ0n) is 14.1. The molecule has 1 saturated heterocycles. The van der Waals surface area contributed by atoms with Gasteiger partial charge in [0.05, 0.1) is 5.41 Å². The number of nitrogens with zero attached hydrogens (tertiary/aromatic N) is 1. The smallest absolute Gasteiger partial charge is 0.230 e. The number of rotatable bonds is 6. The van der Waals surface area contributed by atoms with Gasteiger partial charge in [0.15, 0.2) is 0 Å². The Balaban J connectivity index is 2.02. The molecule has 1 unspecified atom stereocenters. The van der Waals surface area contributed by atoms with Crippen molar-refractivity contribution in [3.63, 3.8) is 0 Å². The Hall–Kier alpha value is -1.35. The summed E-state index contributed by atoms with van der Waals surface area (Å²) in [4.78, 5) is 15.0. The summed E-state index contributed by atoms with van der Waals surface area (Å²) in [5.74, 6) is 0.849. The number of amides is 1. The Morgan fingerprint density at radius 2 is 1.95 bits per heavy atom. The summed E-state index contributed by atoms with van der Waals surface area (Å²) < 4.78 is 0. The van der Waals surface area contributed by atoms with Crippen LogP contribution in [-0.2, 0) is 11.2 Å². The van der Waals surface area contributed by atoms with E-state index >= 15 is 0 Å². The number of carbonyl (C=O) groups is 1. The lowest BCUT2D eigenvalue weighted by molar-refractivity contribution is -0.144. The summed E-state index contributed by atoms with van der Waals surface area (Å²) in [5, 5.41) is 0. The van der Waals surface area contributed by atoms with Crippen LogP contribution in [0.2, 0.25) is 0 Å². The molecule has 1 aliphatic heterocycles. The van der Waals surface area contributed by atoms with Crippen molar-refractivity contribution in [2.45, 2.75) is 46.0 Å². The van der Waals surface area contributed by atoms with Crippen LogP contribution in [0.15, 0.2) is 30.3 Å². The molecule has 0 radical (unpaired) electrons. The summed E-state index contributed by atoms with van der Waals surface area (Å²) in [5.41, 5.74) is 6.97. The largest absolute Gasteiger partial charge is 0.342 e. The highest BCUT2D eigenvalue weighted by Crippen LogP contribution is 2.30. The normalized spacial score (nSPS) is 19.2. The van der Waals surface area contributed by atoms with Gasteiger partial charge in [-0.3, -0.25) is 4.79 Å². The van der Waals surface area contributed by atoms with Gasteiger partial charge in [0.1, 0.15) is 0 Å². The summed E-state index contributed by atoms with van der Waals surface area (Å²) in [7, 11) is 0. The van der Waals surface area contributed by atoms with Crippen LogP contribution in [-0.4, -0.2) is 30.4 Å². The first kappa shape index (κ1) is 17.0. The highest BCUT2D eigenvalue weighted by molar-refractivity contribution is 5.83. The first-order valence-electron chi connectivity index (χ1n) is 8.68. The Morgan fingerprint density at radius 3 is 2.55 bits per heavy atom. The van der Waals surface area contributed by atoms with Gasteiger partial charge in [-0.2, -0.15) is 0 Å². The fourth-order valence-corrected chi connectivity index (χ4v) is 3.63. The van der Waals surface area contributed by atoms with E-state index in [1.54, 1.807) is 0 Å². The lowest BCUT2D eigenvalue weighted by atomic mass is 9.80. The number of likely N-dealkylation sites (tertiary alicyclic amines) is 1. The third-order valence-electron chi connectivity index (χ3n) is 5.37. The van der Waals surface area contributed by atoms with Crippen molar-refractivity contribution in [3.05, 3.63) is 35.9 Å². The standard InChI is InChI=1S/C19H30N2O/c1-3-19(4-2,15-20)18(22)21-12-8-11-17(14-21)13-16-9-6-5-7-10-16/h5-7,9-10,17H,3-4,8,11-15,20H2,1-2H3. The summed E-state index contributed by atoms with van der Waals surface area (Å²) in [6.07, 6.45) is 5.06. The zero-order valence-corrected chi connectivity index (χ0v) is 14.1. The molecule has 1 atom stereocenters. The van der Waals surface area contributed by atoms with E-state index in [4.69, 9.17) is 5.73 Å². The monoisotopic (exact) mass is 302 g/mol. The van der Waals surface area contributed by atoms with Crippen LogP contribution in [0.5, 0.6) is 0 Å². The molecule has 3 heteroatoms. The molecule has 1 fully saturated rings. The first-order valence-corrected chi connectivity index (χ1v) is 8.68. The second-order valence-corrected chi connectivity index (χ2v) is 6.64. The molecule has 1 heterocycles. The molecule has 1 aromatic rings. The zero-order chi connectivity index (χ0) is 16.0. The maximum atomic E-state index is 13.0. The van der Waals surface area contributed by atoms with Crippen molar-refractivity contribution < 1.29 is 4.79 Å². The van der Waals surface area contributed by atoms with Gasteiger partial charge in [0.25, 0.3) is 0 Å². The van der Waals surface area contributed by atoms with Gasteiger partial charge in [-0.15, -0.1) is 0 Å². The van der Waals surface area contributed by atoms with Gasteiger partial charge in [0, 0.05) is 19.6 Å². The Kier molecular flexibility index (Phi) is 6.01. The summed E-state index contributed by atoms with van der Waals surface area (Å²) >= 11 is 0. The fraction of sp³-hybridized carbons (Fsp3) is 0.632. The molecule has 0 saturated carbocycles. The van der Waals surface area contributed by atoms with Gasteiger partial charge < -0.3 is 10.6 Å². The fourth-order valence-electron chi connectivity index (χ4n) is 3.63. The van der Waals surface area contributed by atoms with E-state index in [1.165, 1.54) is 12.0 Å². The summed E-state index contributed by atoms with van der Waals surface area (Å²) in [6.45, 7) is 6.40. The van der Waals surface area contributed by atoms with Crippen LogP contribution in [0.1, 0.15) is 45.1 Å². The molecule has 2 N–H and O–H groups in total. The number of nitrogens with two attached hydrogens (primary N) is 1. The first-order chi connectivity index (χ1) is 10.6. The molecule has 122 valence electrons. The van der Waals surface area contributed by atoms with Crippen molar-refractivity contribution in [1.82, 2.24) is 4.90 Å². The predicted molar refractivity (Wildman–Crippen MR) is 91.5 cm³/mol. The maximum absolute atomic E-state index is 13.0. The van der Waals surface area contributed by atoms with Crippen molar-refractivity contribution >= 4 is 5.91 Å². The molecule has 3 nitrogen and oxygen atoms in total. The number of piperidine rings is 1. The molecule has 0 spiro atoms. The number of hydrogen-bond acceptors (Lipinski definition) is 2. The number of hydrogen-bond donors (Lipinski definition) is 1. The average Bonchev–Trinajstić information content (AvgIpc) is 2.58. The second-order valence-electron chi connectivity index (χ2n) is 6.64. The van der Waals surface area contributed by atoms with Crippen LogP contribution in [0.3, 0.4) is 0 Å². The summed E-state index contributed by atoms with van der Waals surface area (Å²) in [6, 6.07) is 10.6. The average molecular weight is 302 g/mol. The Labute approximate surface area is 134 Å². The third-order valence-corrected chi connectivity index (χ3v) is 5.37. The van der Waals surface area contributed by atoms with Crippen molar-refractivity contribution in [3.8, 4) is 0 Å². The quantitative estimate of drug-likeness (QED) is 0.877. The van der Waals surface area contributed by atoms with E-state index in [0.717, 1.165) is 38.8 Å². The van der Waals surface area contributed by atoms with E-state index in [9.17, 15) is 4.79 Å². The molecule has 22 heavy (non-hydrogen) atoms. The van der Waals surface area contributed by atoms with Gasteiger partial charge in [-0.25, -0.2) is 0 Å². The minimum absolute atomic E-state index is 0.276.